The number of benzene rings is 2. The Balaban J connectivity index is 2.23. The van der Waals surface area contributed by atoms with E-state index in [9.17, 15) is 14.9 Å². The van der Waals surface area contributed by atoms with Crippen molar-refractivity contribution in [2.75, 3.05) is 19.0 Å². The number of ketones is 1. The van der Waals surface area contributed by atoms with E-state index in [-0.39, 0.29) is 17.0 Å². The second-order valence-electron chi connectivity index (χ2n) is 5.91. The number of carbonyl (C=O) groups excluding carboxylic acids is 1. The fourth-order valence-electron chi connectivity index (χ4n) is 3.18. The number of nitro groups is 1. The number of anilines is 1. The first kappa shape index (κ1) is 14.3. The van der Waals surface area contributed by atoms with E-state index in [1.807, 2.05) is 37.2 Å². The third-order valence-electron chi connectivity index (χ3n) is 4.28. The van der Waals surface area contributed by atoms with Gasteiger partial charge in [-0.3, -0.25) is 14.9 Å². The summed E-state index contributed by atoms with van der Waals surface area (Å²) in [6, 6.07) is 12.0. The van der Waals surface area contributed by atoms with E-state index in [4.69, 9.17) is 0 Å². The quantitative estimate of drug-likeness (QED) is 0.418. The molecule has 0 bridgehead atoms. The van der Waals surface area contributed by atoms with Crippen LogP contribution in [0, 0.1) is 10.1 Å². The van der Waals surface area contributed by atoms with Crippen molar-refractivity contribution in [3.63, 3.8) is 0 Å². The number of nitrogens with zero attached hydrogens (tertiary/aromatic N) is 3. The topological polar surface area (TPSA) is 76.3 Å². The second-order valence-corrected chi connectivity index (χ2v) is 5.91. The minimum Gasteiger partial charge on any atom is -0.363 e. The summed E-state index contributed by atoms with van der Waals surface area (Å²) >= 11 is 0. The molecule has 1 aromatic heterocycles. The Labute approximate surface area is 137 Å². The molecule has 1 heterocycles. The number of aromatic nitrogens is 1. The lowest BCUT2D eigenvalue weighted by Crippen LogP contribution is -2.15. The van der Waals surface area contributed by atoms with Gasteiger partial charge in [0.2, 0.25) is 5.78 Å². The number of rotatable bonds is 2. The Hall–Kier alpha value is -3.28. The van der Waals surface area contributed by atoms with Crippen LogP contribution in [0.25, 0.3) is 22.0 Å². The zero-order valence-electron chi connectivity index (χ0n) is 13.1. The van der Waals surface area contributed by atoms with Crippen LogP contribution in [0.1, 0.15) is 15.9 Å². The molecule has 0 amide bonds. The first-order chi connectivity index (χ1) is 11.5. The zero-order chi connectivity index (χ0) is 17.0. The van der Waals surface area contributed by atoms with Gasteiger partial charge in [0.1, 0.15) is 11.4 Å². The summed E-state index contributed by atoms with van der Waals surface area (Å²) in [6.07, 6.45) is 0. The predicted octanol–water partition coefficient (Wildman–Crippen LogP) is 3.42. The molecule has 0 aliphatic heterocycles. The molecule has 0 radical (unpaired) electrons. The lowest BCUT2D eigenvalue weighted by molar-refractivity contribution is -0.385. The summed E-state index contributed by atoms with van der Waals surface area (Å²) in [7, 11) is 3.76. The van der Waals surface area contributed by atoms with Crippen molar-refractivity contribution < 1.29 is 9.72 Å². The summed E-state index contributed by atoms with van der Waals surface area (Å²) < 4.78 is 0. The molecule has 0 spiro atoms. The number of nitro benzene ring substituents is 1. The molecule has 3 aromatic rings. The molecule has 0 saturated heterocycles. The summed E-state index contributed by atoms with van der Waals surface area (Å²) in [4.78, 5) is 30.2. The van der Waals surface area contributed by atoms with Crippen LogP contribution in [0.3, 0.4) is 0 Å². The smallest absolute Gasteiger partial charge is 0.281 e. The number of pyridine rings is 1. The fourth-order valence-corrected chi connectivity index (χ4v) is 3.18. The average molecular weight is 319 g/mol. The molecule has 4 rings (SSSR count). The molecule has 6 heteroatoms. The van der Waals surface area contributed by atoms with Gasteiger partial charge in [0.15, 0.2) is 0 Å². The van der Waals surface area contributed by atoms with E-state index in [1.165, 1.54) is 6.07 Å². The first-order valence-corrected chi connectivity index (χ1v) is 7.42. The molecule has 0 unspecified atom stereocenters. The van der Waals surface area contributed by atoms with Crippen LogP contribution in [0.2, 0.25) is 0 Å². The van der Waals surface area contributed by atoms with Crippen molar-refractivity contribution >= 4 is 28.2 Å². The fraction of sp³-hybridized carbons (Fsp3) is 0.111. The van der Waals surface area contributed by atoms with Crippen LogP contribution in [-0.2, 0) is 0 Å². The van der Waals surface area contributed by atoms with Gasteiger partial charge in [0.05, 0.1) is 10.4 Å². The van der Waals surface area contributed by atoms with Crippen LogP contribution in [-0.4, -0.2) is 29.8 Å². The van der Waals surface area contributed by atoms with Gasteiger partial charge in [0, 0.05) is 31.1 Å². The highest BCUT2D eigenvalue weighted by atomic mass is 16.6. The van der Waals surface area contributed by atoms with Crippen molar-refractivity contribution in [1.82, 2.24) is 4.98 Å². The Morgan fingerprint density at radius 3 is 2.42 bits per heavy atom. The second kappa shape index (κ2) is 4.86. The Morgan fingerprint density at radius 2 is 1.75 bits per heavy atom. The zero-order valence-corrected chi connectivity index (χ0v) is 13.1. The monoisotopic (exact) mass is 319 g/mol. The SMILES string of the molecule is CN(C)c1cc2c3c(c([N+](=O)[O-])ccc3n1)C(=O)c1ccccc1-2. The molecule has 6 nitrogen and oxygen atoms in total. The van der Waals surface area contributed by atoms with Gasteiger partial charge >= 0.3 is 0 Å². The largest absolute Gasteiger partial charge is 0.363 e. The minimum atomic E-state index is -0.510. The third kappa shape index (κ3) is 1.83. The van der Waals surface area contributed by atoms with E-state index in [0.29, 0.717) is 16.5 Å². The van der Waals surface area contributed by atoms with Crippen LogP contribution in [0.5, 0.6) is 0 Å². The highest BCUT2D eigenvalue weighted by molar-refractivity contribution is 6.27. The van der Waals surface area contributed by atoms with Gasteiger partial charge in [-0.05, 0) is 23.3 Å². The van der Waals surface area contributed by atoms with Gasteiger partial charge in [-0.1, -0.05) is 24.3 Å². The molecule has 0 fully saturated rings. The standard InChI is InChI=1S/C18H13N3O3/c1-20(2)15-9-12-10-5-3-4-6-11(10)18(22)17-14(21(23)24)8-7-13(19-15)16(12)17/h3-9H,1-2H3. The number of fused-ring (bicyclic) bond motifs is 2. The summed E-state index contributed by atoms with van der Waals surface area (Å²) in [5.74, 6) is 0.413. The Bertz CT molecular complexity index is 1040. The first-order valence-electron chi connectivity index (χ1n) is 7.42. The molecular formula is C18H13N3O3. The lowest BCUT2D eigenvalue weighted by atomic mass is 9.83. The molecule has 0 atom stereocenters. The van der Waals surface area contributed by atoms with Crippen LogP contribution < -0.4 is 4.90 Å². The van der Waals surface area contributed by atoms with Gasteiger partial charge in [-0.25, -0.2) is 4.98 Å². The minimum absolute atomic E-state index is 0.129. The Morgan fingerprint density at radius 1 is 1.04 bits per heavy atom. The summed E-state index contributed by atoms with van der Waals surface area (Å²) in [6.45, 7) is 0. The van der Waals surface area contributed by atoms with Crippen LogP contribution in [0.4, 0.5) is 11.5 Å². The maximum absolute atomic E-state index is 12.9. The molecule has 24 heavy (non-hydrogen) atoms. The van der Waals surface area contributed by atoms with Gasteiger partial charge < -0.3 is 4.90 Å². The third-order valence-corrected chi connectivity index (χ3v) is 4.28. The molecular weight excluding hydrogens is 306 g/mol. The van der Waals surface area contributed by atoms with Crippen molar-refractivity contribution in [3.05, 3.63) is 63.7 Å². The van der Waals surface area contributed by atoms with E-state index >= 15 is 0 Å². The van der Waals surface area contributed by atoms with Gasteiger partial charge in [-0.15, -0.1) is 0 Å². The molecule has 1 aliphatic carbocycles. The molecule has 0 N–H and O–H groups in total. The normalized spacial score (nSPS) is 12.2. The predicted molar refractivity (Wildman–Crippen MR) is 91.6 cm³/mol. The van der Waals surface area contributed by atoms with Crippen molar-refractivity contribution in [1.29, 1.82) is 0 Å². The van der Waals surface area contributed by atoms with Gasteiger partial charge in [-0.2, -0.15) is 0 Å². The maximum atomic E-state index is 12.9. The highest BCUT2D eigenvalue weighted by Crippen LogP contribution is 2.43. The van der Waals surface area contributed by atoms with E-state index in [0.717, 1.165) is 16.9 Å². The molecule has 1 aliphatic rings. The maximum Gasteiger partial charge on any atom is 0.281 e. The number of hydrogen-bond acceptors (Lipinski definition) is 5. The molecule has 2 aromatic carbocycles. The molecule has 0 saturated carbocycles. The highest BCUT2D eigenvalue weighted by Gasteiger charge is 2.32. The molecule has 118 valence electrons. The van der Waals surface area contributed by atoms with Crippen LogP contribution >= 0.6 is 0 Å². The van der Waals surface area contributed by atoms with Crippen molar-refractivity contribution in [2.24, 2.45) is 0 Å². The van der Waals surface area contributed by atoms with E-state index < -0.39 is 4.92 Å². The van der Waals surface area contributed by atoms with Crippen molar-refractivity contribution in [2.45, 2.75) is 0 Å². The van der Waals surface area contributed by atoms with Crippen molar-refractivity contribution in [3.8, 4) is 11.1 Å². The Kier molecular flexibility index (Phi) is 2.90. The summed E-state index contributed by atoms with van der Waals surface area (Å²) in [5.41, 5.74) is 2.60. The average Bonchev–Trinajstić information content (AvgIpc) is 2.58. The number of hydrogen-bond donors (Lipinski definition) is 0. The van der Waals surface area contributed by atoms with Crippen LogP contribution in [0.15, 0.2) is 42.5 Å². The number of carbonyl (C=O) groups is 1. The summed E-state index contributed by atoms with van der Waals surface area (Å²) in [5, 5.41) is 12.0. The van der Waals surface area contributed by atoms with E-state index in [2.05, 4.69) is 4.98 Å². The lowest BCUT2D eigenvalue weighted by Gasteiger charge is -2.21. The van der Waals surface area contributed by atoms with E-state index in [1.54, 1.807) is 18.2 Å². The van der Waals surface area contributed by atoms with Gasteiger partial charge in [0.25, 0.3) is 5.69 Å².